The van der Waals surface area contributed by atoms with Crippen LogP contribution >= 0.6 is 11.6 Å². The number of nitrogens with one attached hydrogen (secondary N) is 1. The average molecular weight is 453 g/mol. The lowest BCUT2D eigenvalue weighted by molar-refractivity contribution is 0.0940. The summed E-state index contributed by atoms with van der Waals surface area (Å²) in [4.78, 5) is 21.3. The second kappa shape index (κ2) is 8.96. The van der Waals surface area contributed by atoms with E-state index in [2.05, 4.69) is 32.4 Å². The first-order valence-corrected chi connectivity index (χ1v) is 10.9. The van der Waals surface area contributed by atoms with E-state index in [1.165, 1.54) is 4.52 Å². The molecule has 0 aromatic carbocycles. The first-order valence-electron chi connectivity index (χ1n) is 10.5. The molecule has 2 atom stereocenters. The van der Waals surface area contributed by atoms with Crippen molar-refractivity contribution >= 4 is 29.1 Å². The number of nitrogen functional groups attached to an aromatic ring is 1. The molecule has 3 N–H and O–H groups in total. The Hall–Kier alpha value is -3.46. The van der Waals surface area contributed by atoms with Crippen LogP contribution in [0, 0.1) is 0 Å². The van der Waals surface area contributed by atoms with Crippen molar-refractivity contribution in [1.29, 1.82) is 0 Å². The summed E-state index contributed by atoms with van der Waals surface area (Å²) in [6.07, 6.45) is 10.5. The Labute approximate surface area is 190 Å². The van der Waals surface area contributed by atoms with Crippen LogP contribution in [0.4, 0.5) is 5.95 Å². The summed E-state index contributed by atoms with van der Waals surface area (Å²) in [6, 6.07) is 3.70. The molecule has 0 bridgehead atoms. The summed E-state index contributed by atoms with van der Waals surface area (Å²) in [5.74, 6) is -0.114. The van der Waals surface area contributed by atoms with E-state index in [1.807, 2.05) is 30.8 Å². The maximum Gasteiger partial charge on any atom is 0.255 e. The van der Waals surface area contributed by atoms with Crippen LogP contribution in [0.15, 0.2) is 43.1 Å². The summed E-state index contributed by atoms with van der Waals surface area (Å²) in [5, 5.41) is 12.3. The molecule has 0 aliphatic heterocycles. The highest BCUT2D eigenvalue weighted by Crippen LogP contribution is 2.27. The van der Waals surface area contributed by atoms with Gasteiger partial charge in [0.15, 0.2) is 5.65 Å². The van der Waals surface area contributed by atoms with Gasteiger partial charge in [-0.25, -0.2) is 4.52 Å². The van der Waals surface area contributed by atoms with Crippen LogP contribution in [-0.2, 0) is 0 Å². The van der Waals surface area contributed by atoms with Crippen LogP contribution in [-0.4, -0.2) is 41.3 Å². The Morgan fingerprint density at radius 2 is 1.97 bits per heavy atom. The number of fused-ring (bicyclic) bond motifs is 1. The van der Waals surface area contributed by atoms with E-state index in [9.17, 15) is 4.79 Å². The number of carbonyl (C=O) groups excluding carboxylic acids is 1. The van der Waals surface area contributed by atoms with Crippen molar-refractivity contribution in [3.05, 3.63) is 59.3 Å². The van der Waals surface area contributed by atoms with Crippen molar-refractivity contribution in [1.82, 2.24) is 34.7 Å². The van der Waals surface area contributed by atoms with E-state index in [1.54, 1.807) is 30.9 Å². The van der Waals surface area contributed by atoms with Gasteiger partial charge in [-0.05, 0) is 37.5 Å². The van der Waals surface area contributed by atoms with Crippen LogP contribution in [0.5, 0.6) is 0 Å². The summed E-state index contributed by atoms with van der Waals surface area (Å²) < 4.78 is 3.41. The topological polar surface area (TPSA) is 116 Å². The highest BCUT2D eigenvalue weighted by atomic mass is 35.5. The van der Waals surface area contributed by atoms with E-state index in [-0.39, 0.29) is 23.9 Å². The molecule has 0 saturated heterocycles. The summed E-state index contributed by atoms with van der Waals surface area (Å²) in [6.45, 7) is 6.05. The highest BCUT2D eigenvalue weighted by molar-refractivity contribution is 6.30. The molecule has 0 fully saturated rings. The van der Waals surface area contributed by atoms with Crippen LogP contribution in [0.2, 0.25) is 5.02 Å². The third-order valence-corrected chi connectivity index (χ3v) is 5.64. The van der Waals surface area contributed by atoms with Crippen molar-refractivity contribution in [2.24, 2.45) is 0 Å². The fourth-order valence-electron chi connectivity index (χ4n) is 3.57. The van der Waals surface area contributed by atoms with Crippen LogP contribution < -0.4 is 11.1 Å². The van der Waals surface area contributed by atoms with Crippen molar-refractivity contribution in [3.63, 3.8) is 0 Å². The molecule has 0 spiro atoms. The van der Waals surface area contributed by atoms with E-state index in [4.69, 9.17) is 17.3 Å². The van der Waals surface area contributed by atoms with E-state index >= 15 is 0 Å². The zero-order valence-electron chi connectivity index (χ0n) is 18.2. The number of anilines is 1. The Bertz CT molecular complexity index is 1260. The molecular formula is C22H25ClN8O. The minimum absolute atomic E-state index is 0.0196. The molecular weight excluding hydrogens is 428 g/mol. The second-order valence-corrected chi connectivity index (χ2v) is 8.17. The lowest BCUT2D eigenvalue weighted by atomic mass is 10.1. The molecule has 4 aromatic rings. The lowest BCUT2D eigenvalue weighted by Crippen LogP contribution is -2.32. The summed E-state index contributed by atoms with van der Waals surface area (Å²) in [7, 11) is 0. The monoisotopic (exact) mass is 452 g/mol. The first-order chi connectivity index (χ1) is 15.4. The molecule has 1 amide bonds. The Morgan fingerprint density at radius 1 is 1.16 bits per heavy atom. The van der Waals surface area contributed by atoms with Crippen molar-refractivity contribution in [3.8, 4) is 11.1 Å². The van der Waals surface area contributed by atoms with Gasteiger partial charge in [-0.2, -0.15) is 10.1 Å². The Kier molecular flexibility index (Phi) is 6.09. The van der Waals surface area contributed by atoms with Gasteiger partial charge in [0.1, 0.15) is 0 Å². The number of pyridine rings is 2. The number of nitrogens with zero attached hydrogens (tertiary/aromatic N) is 6. The number of aromatic nitrogens is 6. The van der Waals surface area contributed by atoms with E-state index in [0.717, 1.165) is 29.5 Å². The largest absolute Gasteiger partial charge is 0.366 e. The van der Waals surface area contributed by atoms with Crippen LogP contribution in [0.3, 0.4) is 0 Å². The van der Waals surface area contributed by atoms with Gasteiger partial charge in [0, 0.05) is 42.0 Å². The molecule has 9 nitrogen and oxygen atoms in total. The Morgan fingerprint density at radius 3 is 2.69 bits per heavy atom. The number of hydrogen-bond donors (Lipinski definition) is 2. The maximum atomic E-state index is 12.9. The van der Waals surface area contributed by atoms with Gasteiger partial charge in [0.2, 0.25) is 5.95 Å². The molecule has 4 aromatic heterocycles. The number of nitrogens with two attached hydrogens (primary N) is 1. The van der Waals surface area contributed by atoms with Gasteiger partial charge in [-0.15, -0.1) is 5.10 Å². The maximum absolute atomic E-state index is 12.9. The van der Waals surface area contributed by atoms with Crippen LogP contribution in [0.25, 0.3) is 16.8 Å². The minimum Gasteiger partial charge on any atom is -0.366 e. The van der Waals surface area contributed by atoms with Crippen molar-refractivity contribution < 1.29 is 4.79 Å². The Balaban J connectivity index is 1.74. The molecule has 0 aliphatic carbocycles. The van der Waals surface area contributed by atoms with Gasteiger partial charge in [-0.3, -0.25) is 14.5 Å². The van der Waals surface area contributed by atoms with Gasteiger partial charge in [0.05, 0.1) is 22.8 Å². The number of carbonyl (C=O) groups is 1. The van der Waals surface area contributed by atoms with Gasteiger partial charge in [-0.1, -0.05) is 25.4 Å². The van der Waals surface area contributed by atoms with E-state index in [0.29, 0.717) is 16.2 Å². The molecule has 2 unspecified atom stereocenters. The average Bonchev–Trinajstić information content (AvgIpc) is 3.39. The fraction of sp³-hybridized carbons (Fsp3) is 0.318. The minimum atomic E-state index is -0.220. The molecule has 4 rings (SSSR count). The molecule has 0 saturated carbocycles. The third kappa shape index (κ3) is 4.29. The fourth-order valence-corrected chi connectivity index (χ4v) is 3.76. The number of amides is 1. The van der Waals surface area contributed by atoms with Gasteiger partial charge >= 0.3 is 0 Å². The molecule has 0 aliphatic rings. The number of halogens is 1. The van der Waals surface area contributed by atoms with Crippen molar-refractivity contribution in [2.45, 2.75) is 45.7 Å². The summed E-state index contributed by atoms with van der Waals surface area (Å²) in [5.41, 5.74) is 9.22. The molecule has 4 heterocycles. The quantitative estimate of drug-likeness (QED) is 0.441. The third-order valence-electron chi connectivity index (χ3n) is 5.44. The smallest absolute Gasteiger partial charge is 0.255 e. The predicted octanol–water partition coefficient (Wildman–Crippen LogP) is 3.75. The van der Waals surface area contributed by atoms with E-state index < -0.39 is 0 Å². The lowest BCUT2D eigenvalue weighted by Gasteiger charge is -2.16. The standard InChI is InChI=1S/C22H25ClN8O/c1-4-13(3)27-21(32)18-7-15(11-31-20(18)28-22(24)29-31)16-9-26-30(12-16)19(5-2)14-6-17(23)10-25-8-14/h6-13,19H,4-5H2,1-3H3,(H2,24,29)(H,27,32). The SMILES string of the molecule is CCC(C)NC(=O)c1cc(-c2cnn(C(CC)c3cncc(Cl)c3)c2)cn2nc(N)nc12. The molecule has 10 heteroatoms. The molecule has 166 valence electrons. The van der Waals surface area contributed by atoms with Crippen LogP contribution in [0.1, 0.15) is 55.6 Å². The first kappa shape index (κ1) is 21.8. The second-order valence-electron chi connectivity index (χ2n) is 7.73. The predicted molar refractivity (Wildman–Crippen MR) is 124 cm³/mol. The molecule has 0 radical (unpaired) electrons. The zero-order valence-corrected chi connectivity index (χ0v) is 18.9. The summed E-state index contributed by atoms with van der Waals surface area (Å²) >= 11 is 6.13. The molecule has 32 heavy (non-hydrogen) atoms. The zero-order chi connectivity index (χ0) is 22.8. The number of hydrogen-bond acceptors (Lipinski definition) is 6. The van der Waals surface area contributed by atoms with Crippen molar-refractivity contribution in [2.75, 3.05) is 5.73 Å². The number of rotatable bonds is 7. The normalized spacial score (nSPS) is 13.2. The van der Waals surface area contributed by atoms with Gasteiger partial charge < -0.3 is 11.1 Å². The van der Waals surface area contributed by atoms with Gasteiger partial charge in [0.25, 0.3) is 5.91 Å². The highest BCUT2D eigenvalue weighted by Gasteiger charge is 2.19.